The molecule has 0 aliphatic rings. The van der Waals surface area contributed by atoms with Crippen LogP contribution in [0.15, 0.2) is 23.2 Å². The number of hydrogen-bond acceptors (Lipinski definition) is 3. The van der Waals surface area contributed by atoms with Gasteiger partial charge in [0.25, 0.3) is 0 Å². The molecule has 0 fully saturated rings. The zero-order valence-corrected chi connectivity index (χ0v) is 16.2. The summed E-state index contributed by atoms with van der Waals surface area (Å²) >= 11 is 1.78. The van der Waals surface area contributed by atoms with E-state index in [4.69, 9.17) is 4.99 Å². The number of guanidine groups is 1. The van der Waals surface area contributed by atoms with Gasteiger partial charge < -0.3 is 10.6 Å². The van der Waals surface area contributed by atoms with Gasteiger partial charge in [-0.1, -0.05) is 23.8 Å². The number of benzene rings is 1. The van der Waals surface area contributed by atoms with E-state index in [-0.39, 0.29) is 0 Å². The number of nitrogens with one attached hydrogen (secondary N) is 2. The molecule has 0 bridgehead atoms. The summed E-state index contributed by atoms with van der Waals surface area (Å²) in [5.74, 6) is 0.872. The quantitative estimate of drug-likeness (QED) is 0.621. The van der Waals surface area contributed by atoms with Gasteiger partial charge in [-0.05, 0) is 45.7 Å². The van der Waals surface area contributed by atoms with E-state index in [9.17, 15) is 0 Å². The van der Waals surface area contributed by atoms with Gasteiger partial charge in [0.15, 0.2) is 5.96 Å². The van der Waals surface area contributed by atoms with Crippen LogP contribution in [0.3, 0.4) is 0 Å². The number of aliphatic imine (C=N–C) groups is 1. The summed E-state index contributed by atoms with van der Waals surface area (Å²) in [4.78, 5) is 10.6. The third-order valence-electron chi connectivity index (χ3n) is 3.89. The molecule has 0 aliphatic heterocycles. The molecule has 0 amide bonds. The van der Waals surface area contributed by atoms with Crippen molar-refractivity contribution in [3.8, 4) is 0 Å². The minimum atomic E-state index is 0.695. The number of aryl methyl sites for hydroxylation is 4. The van der Waals surface area contributed by atoms with Crippen LogP contribution in [0.5, 0.6) is 0 Å². The van der Waals surface area contributed by atoms with Crippen molar-refractivity contribution < 1.29 is 0 Å². The molecule has 0 atom stereocenters. The van der Waals surface area contributed by atoms with Gasteiger partial charge in [0.1, 0.15) is 0 Å². The average molecular weight is 345 g/mol. The highest BCUT2D eigenvalue weighted by Crippen LogP contribution is 2.17. The lowest BCUT2D eigenvalue weighted by molar-refractivity contribution is 0.801. The first-order valence-corrected chi connectivity index (χ1v) is 9.32. The lowest BCUT2D eigenvalue weighted by atomic mass is 10.1. The largest absolute Gasteiger partial charge is 0.357 e. The van der Waals surface area contributed by atoms with Crippen LogP contribution in [0, 0.1) is 27.7 Å². The summed E-state index contributed by atoms with van der Waals surface area (Å²) in [6.45, 7) is 12.9. The molecule has 0 unspecified atom stereocenters. The average Bonchev–Trinajstić information content (AvgIpc) is 2.84. The normalized spacial score (nSPS) is 11.6. The van der Waals surface area contributed by atoms with Crippen molar-refractivity contribution in [1.82, 2.24) is 15.6 Å². The van der Waals surface area contributed by atoms with Crippen LogP contribution in [-0.4, -0.2) is 24.0 Å². The van der Waals surface area contributed by atoms with Crippen LogP contribution in [0.4, 0.5) is 0 Å². The van der Waals surface area contributed by atoms with Crippen LogP contribution in [0.25, 0.3) is 0 Å². The molecule has 0 saturated heterocycles. The summed E-state index contributed by atoms with van der Waals surface area (Å²) < 4.78 is 0. The first-order chi connectivity index (χ1) is 11.5. The summed E-state index contributed by atoms with van der Waals surface area (Å²) in [5.41, 5.74) is 5.01. The van der Waals surface area contributed by atoms with Gasteiger partial charge >= 0.3 is 0 Å². The van der Waals surface area contributed by atoms with E-state index < -0.39 is 0 Å². The topological polar surface area (TPSA) is 49.3 Å². The summed E-state index contributed by atoms with van der Waals surface area (Å²) in [7, 11) is 0. The second-order valence-electron chi connectivity index (χ2n) is 6.04. The second-order valence-corrected chi connectivity index (χ2v) is 7.33. The van der Waals surface area contributed by atoms with Gasteiger partial charge in [-0.3, -0.25) is 0 Å². The highest BCUT2D eigenvalue weighted by molar-refractivity contribution is 7.11. The van der Waals surface area contributed by atoms with E-state index in [1.54, 1.807) is 11.3 Å². The van der Waals surface area contributed by atoms with E-state index in [1.165, 1.54) is 21.6 Å². The van der Waals surface area contributed by atoms with Gasteiger partial charge in [-0.2, -0.15) is 0 Å². The van der Waals surface area contributed by atoms with Crippen LogP contribution in [0.1, 0.15) is 39.2 Å². The molecule has 0 spiro atoms. The molecular formula is C19H28N4S. The molecule has 24 heavy (non-hydrogen) atoms. The molecular weight excluding hydrogens is 316 g/mol. The zero-order chi connectivity index (χ0) is 17.5. The van der Waals surface area contributed by atoms with Crippen molar-refractivity contribution in [3.05, 3.63) is 50.5 Å². The Morgan fingerprint density at radius 1 is 1.17 bits per heavy atom. The third-order valence-corrected chi connectivity index (χ3v) is 5.03. The van der Waals surface area contributed by atoms with E-state index in [2.05, 4.69) is 68.4 Å². The Morgan fingerprint density at radius 2 is 1.96 bits per heavy atom. The van der Waals surface area contributed by atoms with Gasteiger partial charge in [-0.15, -0.1) is 11.3 Å². The van der Waals surface area contributed by atoms with Crippen LogP contribution < -0.4 is 10.6 Å². The van der Waals surface area contributed by atoms with Crippen molar-refractivity contribution in [2.75, 3.05) is 13.1 Å². The van der Waals surface area contributed by atoms with Gasteiger partial charge in [0, 0.05) is 24.4 Å². The smallest absolute Gasteiger partial charge is 0.191 e. The summed E-state index contributed by atoms with van der Waals surface area (Å²) in [5, 5.41) is 7.88. The molecule has 2 N–H and O–H groups in total. The Labute approximate surface area is 149 Å². The molecule has 0 radical (unpaired) electrons. The van der Waals surface area contributed by atoms with E-state index in [0.717, 1.165) is 36.2 Å². The standard InChI is InChI=1S/C19H28N4S/c1-6-20-19(21-10-9-18-15(4)23-16(5)24-18)22-12-17-8-7-13(2)11-14(17)3/h7-8,11H,6,9-10,12H2,1-5H3,(H2,20,21,22). The van der Waals surface area contributed by atoms with Crippen molar-refractivity contribution in [1.29, 1.82) is 0 Å². The highest BCUT2D eigenvalue weighted by Gasteiger charge is 2.05. The fourth-order valence-electron chi connectivity index (χ4n) is 2.63. The number of thiazole rings is 1. The molecule has 4 nitrogen and oxygen atoms in total. The SMILES string of the molecule is CCNC(=NCc1ccc(C)cc1C)NCCc1sc(C)nc1C. The maximum absolute atomic E-state index is 4.72. The molecule has 1 aromatic heterocycles. The lowest BCUT2D eigenvalue weighted by Gasteiger charge is -2.12. The summed E-state index contributed by atoms with van der Waals surface area (Å²) in [6, 6.07) is 6.52. The van der Waals surface area contributed by atoms with E-state index in [1.807, 2.05) is 0 Å². The number of hydrogen-bond donors (Lipinski definition) is 2. The van der Waals surface area contributed by atoms with Crippen molar-refractivity contribution in [3.63, 3.8) is 0 Å². The molecule has 2 rings (SSSR count). The first kappa shape index (κ1) is 18.5. The third kappa shape index (κ3) is 5.34. The monoisotopic (exact) mass is 344 g/mol. The predicted molar refractivity (Wildman–Crippen MR) is 104 cm³/mol. The second kappa shape index (κ2) is 8.83. The number of rotatable bonds is 6. The van der Waals surface area contributed by atoms with Crippen LogP contribution in [0.2, 0.25) is 0 Å². The zero-order valence-electron chi connectivity index (χ0n) is 15.4. The minimum Gasteiger partial charge on any atom is -0.357 e. The first-order valence-electron chi connectivity index (χ1n) is 8.50. The van der Waals surface area contributed by atoms with E-state index >= 15 is 0 Å². The van der Waals surface area contributed by atoms with E-state index in [0.29, 0.717) is 6.54 Å². The Morgan fingerprint density at radius 3 is 2.58 bits per heavy atom. The Bertz CT molecular complexity index is 703. The highest BCUT2D eigenvalue weighted by atomic mass is 32.1. The Balaban J connectivity index is 1.94. The van der Waals surface area contributed by atoms with Crippen molar-refractivity contribution in [2.45, 2.75) is 47.6 Å². The maximum atomic E-state index is 4.72. The van der Waals surface area contributed by atoms with Crippen LogP contribution >= 0.6 is 11.3 Å². The summed E-state index contributed by atoms with van der Waals surface area (Å²) in [6.07, 6.45) is 0.977. The molecule has 5 heteroatoms. The number of aromatic nitrogens is 1. The molecule has 0 aliphatic carbocycles. The minimum absolute atomic E-state index is 0.695. The molecule has 1 aromatic carbocycles. The van der Waals surface area contributed by atoms with Crippen LogP contribution in [-0.2, 0) is 13.0 Å². The maximum Gasteiger partial charge on any atom is 0.191 e. The Hall–Kier alpha value is -1.88. The molecule has 0 saturated carbocycles. The molecule has 130 valence electrons. The van der Waals surface area contributed by atoms with Gasteiger partial charge in [-0.25, -0.2) is 9.98 Å². The van der Waals surface area contributed by atoms with Gasteiger partial charge in [0.2, 0.25) is 0 Å². The lowest BCUT2D eigenvalue weighted by Crippen LogP contribution is -2.38. The van der Waals surface area contributed by atoms with Crippen molar-refractivity contribution >= 4 is 17.3 Å². The molecule has 1 heterocycles. The fraction of sp³-hybridized carbons (Fsp3) is 0.474. The fourth-order valence-corrected chi connectivity index (χ4v) is 3.57. The Kier molecular flexibility index (Phi) is 6.79. The number of nitrogens with zero attached hydrogens (tertiary/aromatic N) is 2. The van der Waals surface area contributed by atoms with Gasteiger partial charge in [0.05, 0.1) is 17.2 Å². The molecule has 2 aromatic rings. The predicted octanol–water partition coefficient (Wildman–Crippen LogP) is 3.67. The van der Waals surface area contributed by atoms with Crippen molar-refractivity contribution in [2.24, 2.45) is 4.99 Å².